The van der Waals surface area contributed by atoms with Crippen LogP contribution in [-0.4, -0.2) is 39.5 Å². The van der Waals surface area contributed by atoms with Gasteiger partial charge in [-0.1, -0.05) is 68.8 Å². The van der Waals surface area contributed by atoms with Gasteiger partial charge in [0.05, 0.1) is 0 Å². The highest BCUT2D eigenvalue weighted by Crippen LogP contribution is 2.56. The summed E-state index contributed by atoms with van der Waals surface area (Å²) in [6.07, 6.45) is 0.739. The zero-order valence-electron chi connectivity index (χ0n) is 19.5. The largest absolute Gasteiger partial charge is 0.350 e. The van der Waals surface area contributed by atoms with Gasteiger partial charge in [-0.15, -0.1) is 11.8 Å². The van der Waals surface area contributed by atoms with Crippen LogP contribution in [-0.2, 0) is 16.1 Å². The highest BCUT2D eigenvalue weighted by Gasteiger charge is 2.57. The van der Waals surface area contributed by atoms with E-state index in [0.29, 0.717) is 12.1 Å². The predicted octanol–water partition coefficient (Wildman–Crippen LogP) is 3.88. The van der Waals surface area contributed by atoms with Gasteiger partial charge in [0.25, 0.3) is 5.91 Å². The summed E-state index contributed by atoms with van der Waals surface area (Å²) in [4.78, 5) is 41.6. The van der Waals surface area contributed by atoms with E-state index in [1.54, 1.807) is 16.7 Å². The van der Waals surface area contributed by atoms with E-state index in [1.165, 1.54) is 0 Å². The summed E-state index contributed by atoms with van der Waals surface area (Å²) in [5, 5.41) is 5.78. The third-order valence-electron chi connectivity index (χ3n) is 6.65. The van der Waals surface area contributed by atoms with Gasteiger partial charge in [0.15, 0.2) is 0 Å². The Morgan fingerprint density at radius 2 is 1.76 bits per heavy atom. The molecule has 0 radical (unpaired) electrons. The monoisotopic (exact) mass is 465 g/mol. The number of nitrogens with one attached hydrogen (secondary N) is 2. The number of amides is 3. The molecule has 0 bridgehead atoms. The molecule has 2 heterocycles. The standard InChI is InChI=1S/C26H31N3O3S/c1-5-16(2)20(22(30)27-15-17-11-7-6-8-12-17)28-23(31)21-26(3,4)33-25-19-14-10-9-13-18(19)24(32)29(21)25/h6-14,16,20-21,25H,5,15H2,1-4H3,(H,27,30)(H,28,31)/t16-,20+,21-,25+/m1/s1. The molecule has 2 aromatic carbocycles. The predicted molar refractivity (Wildman–Crippen MR) is 130 cm³/mol. The fraction of sp³-hybridized carbons (Fsp3) is 0.423. The molecule has 1 saturated heterocycles. The molecule has 4 atom stereocenters. The van der Waals surface area contributed by atoms with Crippen LogP contribution in [0.15, 0.2) is 54.6 Å². The van der Waals surface area contributed by atoms with Crippen molar-refractivity contribution in [1.29, 1.82) is 0 Å². The molecular formula is C26H31N3O3S. The van der Waals surface area contributed by atoms with Crippen LogP contribution in [0.5, 0.6) is 0 Å². The van der Waals surface area contributed by atoms with Crippen LogP contribution in [0.25, 0.3) is 0 Å². The highest BCUT2D eigenvalue weighted by molar-refractivity contribution is 8.01. The Kier molecular flexibility index (Phi) is 6.52. The van der Waals surface area contributed by atoms with Gasteiger partial charge in [-0.25, -0.2) is 0 Å². The third kappa shape index (κ3) is 4.38. The number of hydrogen-bond donors (Lipinski definition) is 2. The molecule has 0 aromatic heterocycles. The Balaban J connectivity index is 1.53. The zero-order chi connectivity index (χ0) is 23.8. The van der Waals surface area contributed by atoms with Crippen molar-refractivity contribution < 1.29 is 14.4 Å². The number of fused-ring (bicyclic) bond motifs is 3. The van der Waals surface area contributed by atoms with E-state index in [9.17, 15) is 14.4 Å². The second-order valence-corrected chi connectivity index (χ2v) is 11.1. The first kappa shape index (κ1) is 23.4. The fourth-order valence-corrected chi connectivity index (χ4v) is 6.22. The molecule has 3 amide bonds. The van der Waals surface area contributed by atoms with Crippen LogP contribution in [0.1, 0.15) is 61.0 Å². The second kappa shape index (κ2) is 9.21. The Hall–Kier alpha value is -2.80. The maximum Gasteiger partial charge on any atom is 0.256 e. The molecular weight excluding hydrogens is 434 g/mol. The lowest BCUT2D eigenvalue weighted by Gasteiger charge is -2.32. The molecule has 7 heteroatoms. The number of rotatable bonds is 7. The van der Waals surface area contributed by atoms with Crippen molar-refractivity contribution in [3.63, 3.8) is 0 Å². The lowest BCUT2D eigenvalue weighted by atomic mass is 9.95. The second-order valence-electron chi connectivity index (χ2n) is 9.35. The summed E-state index contributed by atoms with van der Waals surface area (Å²) < 4.78 is -0.488. The summed E-state index contributed by atoms with van der Waals surface area (Å²) in [5.41, 5.74) is 2.61. The van der Waals surface area contributed by atoms with Crippen LogP contribution in [0.3, 0.4) is 0 Å². The van der Waals surface area contributed by atoms with E-state index >= 15 is 0 Å². The third-order valence-corrected chi connectivity index (χ3v) is 8.18. The molecule has 1 fully saturated rings. The minimum Gasteiger partial charge on any atom is -0.350 e. The molecule has 33 heavy (non-hydrogen) atoms. The summed E-state index contributed by atoms with van der Waals surface area (Å²) >= 11 is 1.62. The van der Waals surface area contributed by atoms with Gasteiger partial charge in [0.2, 0.25) is 11.8 Å². The van der Waals surface area contributed by atoms with Gasteiger partial charge in [-0.05, 0) is 37.0 Å². The quantitative estimate of drug-likeness (QED) is 0.651. The maximum atomic E-state index is 13.6. The number of carbonyl (C=O) groups is 3. The van der Waals surface area contributed by atoms with Crippen molar-refractivity contribution in [3.05, 3.63) is 71.3 Å². The van der Waals surface area contributed by atoms with Crippen molar-refractivity contribution in [2.45, 2.75) is 62.9 Å². The normalized spacial score (nSPS) is 22.3. The number of thioether (sulfide) groups is 1. The summed E-state index contributed by atoms with van der Waals surface area (Å²) in [5.74, 6) is -0.666. The maximum absolute atomic E-state index is 13.6. The Labute approximate surface area is 199 Å². The van der Waals surface area contributed by atoms with E-state index in [-0.39, 0.29) is 29.0 Å². The van der Waals surface area contributed by atoms with Gasteiger partial charge in [0, 0.05) is 16.9 Å². The van der Waals surface area contributed by atoms with Gasteiger partial charge in [-0.3, -0.25) is 14.4 Å². The smallest absolute Gasteiger partial charge is 0.256 e. The molecule has 2 aromatic rings. The first-order chi connectivity index (χ1) is 15.7. The van der Waals surface area contributed by atoms with Gasteiger partial charge < -0.3 is 15.5 Å². The topological polar surface area (TPSA) is 78.5 Å². The minimum absolute atomic E-state index is 0.0517. The molecule has 2 N–H and O–H groups in total. The van der Waals surface area contributed by atoms with E-state index in [2.05, 4.69) is 10.6 Å². The van der Waals surface area contributed by atoms with Gasteiger partial charge >= 0.3 is 0 Å². The van der Waals surface area contributed by atoms with E-state index in [1.807, 2.05) is 82.3 Å². The average molecular weight is 466 g/mol. The summed E-state index contributed by atoms with van der Waals surface area (Å²) in [7, 11) is 0. The number of benzene rings is 2. The van der Waals surface area contributed by atoms with Crippen molar-refractivity contribution in [2.24, 2.45) is 5.92 Å². The van der Waals surface area contributed by atoms with Gasteiger partial charge in [-0.2, -0.15) is 0 Å². The van der Waals surface area contributed by atoms with E-state index < -0.39 is 16.8 Å². The molecule has 0 unspecified atom stereocenters. The van der Waals surface area contributed by atoms with Crippen molar-refractivity contribution in [3.8, 4) is 0 Å². The van der Waals surface area contributed by atoms with Crippen LogP contribution in [0.2, 0.25) is 0 Å². The first-order valence-electron chi connectivity index (χ1n) is 11.5. The minimum atomic E-state index is -0.675. The summed E-state index contributed by atoms with van der Waals surface area (Å²) in [6, 6.07) is 15.9. The first-order valence-corrected chi connectivity index (χ1v) is 12.3. The zero-order valence-corrected chi connectivity index (χ0v) is 20.3. The lowest BCUT2D eigenvalue weighted by Crippen LogP contribution is -2.58. The lowest BCUT2D eigenvalue weighted by molar-refractivity contribution is -0.133. The molecule has 6 nitrogen and oxygen atoms in total. The molecule has 2 aliphatic heterocycles. The highest BCUT2D eigenvalue weighted by atomic mass is 32.2. The molecule has 0 saturated carbocycles. The number of carbonyl (C=O) groups excluding carboxylic acids is 3. The average Bonchev–Trinajstić information content (AvgIpc) is 3.24. The molecule has 0 spiro atoms. The van der Waals surface area contributed by atoms with Crippen LogP contribution < -0.4 is 10.6 Å². The van der Waals surface area contributed by atoms with E-state index in [4.69, 9.17) is 0 Å². The number of nitrogens with zero attached hydrogens (tertiary/aromatic N) is 1. The van der Waals surface area contributed by atoms with Crippen LogP contribution >= 0.6 is 11.8 Å². The fourth-order valence-electron chi connectivity index (χ4n) is 4.63. The Morgan fingerprint density at radius 3 is 2.45 bits per heavy atom. The van der Waals surface area contributed by atoms with Crippen molar-refractivity contribution in [1.82, 2.24) is 15.5 Å². The van der Waals surface area contributed by atoms with Crippen LogP contribution in [0, 0.1) is 5.92 Å². The SMILES string of the molecule is CC[C@@H](C)[C@H](NC(=O)[C@H]1N2C(=O)c3ccccc3[C@@H]2SC1(C)C)C(=O)NCc1ccccc1. The van der Waals surface area contributed by atoms with Crippen molar-refractivity contribution in [2.75, 3.05) is 0 Å². The van der Waals surface area contributed by atoms with Crippen molar-refractivity contribution >= 4 is 29.5 Å². The molecule has 2 aliphatic rings. The van der Waals surface area contributed by atoms with E-state index in [0.717, 1.165) is 17.5 Å². The Morgan fingerprint density at radius 1 is 1.09 bits per heavy atom. The van der Waals surface area contributed by atoms with Gasteiger partial charge in [0.1, 0.15) is 17.5 Å². The number of hydrogen-bond acceptors (Lipinski definition) is 4. The molecule has 0 aliphatic carbocycles. The van der Waals surface area contributed by atoms with Crippen LogP contribution in [0.4, 0.5) is 0 Å². The molecule has 4 rings (SSSR count). The molecule has 174 valence electrons. The Bertz CT molecular complexity index is 1060. The summed E-state index contributed by atoms with van der Waals surface area (Å²) in [6.45, 7) is 8.34.